The molecule has 0 unspecified atom stereocenters. The number of guanidine groups is 1. The quantitative estimate of drug-likeness (QED) is 0.561. The molecule has 0 bridgehead atoms. The van der Waals surface area contributed by atoms with Crippen molar-refractivity contribution in [3.8, 4) is 0 Å². The van der Waals surface area contributed by atoms with Crippen molar-refractivity contribution in [2.75, 3.05) is 6.54 Å². The summed E-state index contributed by atoms with van der Waals surface area (Å²) in [5, 5.41) is 7.73. The molecule has 2 aromatic heterocycles. The molecule has 0 aliphatic carbocycles. The molecule has 0 radical (unpaired) electrons. The van der Waals surface area contributed by atoms with E-state index in [0.717, 1.165) is 34.7 Å². The molecule has 0 aliphatic heterocycles. The third-order valence-corrected chi connectivity index (χ3v) is 3.65. The predicted octanol–water partition coefficient (Wildman–Crippen LogP) is 2.89. The van der Waals surface area contributed by atoms with E-state index in [1.807, 2.05) is 48.7 Å². The summed E-state index contributed by atoms with van der Waals surface area (Å²) in [6, 6.07) is 16.0. The number of para-hydroxylation sites is 1. The lowest BCUT2D eigenvalue weighted by Crippen LogP contribution is -2.37. The van der Waals surface area contributed by atoms with Crippen LogP contribution in [0, 0.1) is 0 Å². The Morgan fingerprint density at radius 1 is 0.958 bits per heavy atom. The van der Waals surface area contributed by atoms with Gasteiger partial charge in [0.15, 0.2) is 5.96 Å². The highest BCUT2D eigenvalue weighted by Gasteiger charge is 2.02. The Morgan fingerprint density at radius 2 is 1.83 bits per heavy atom. The van der Waals surface area contributed by atoms with Gasteiger partial charge in [-0.05, 0) is 36.8 Å². The van der Waals surface area contributed by atoms with Crippen molar-refractivity contribution in [3.05, 3.63) is 72.2 Å². The Morgan fingerprint density at radius 3 is 2.67 bits per heavy atom. The summed E-state index contributed by atoms with van der Waals surface area (Å²) in [6.45, 7) is 4.11. The second-order valence-corrected chi connectivity index (χ2v) is 5.36. The lowest BCUT2D eigenvalue weighted by atomic mass is 10.1. The first-order valence-corrected chi connectivity index (χ1v) is 8.11. The molecule has 3 aromatic rings. The van der Waals surface area contributed by atoms with Crippen LogP contribution in [0.15, 0.2) is 65.9 Å². The first-order valence-electron chi connectivity index (χ1n) is 8.11. The van der Waals surface area contributed by atoms with Crippen LogP contribution in [-0.2, 0) is 13.1 Å². The van der Waals surface area contributed by atoms with E-state index < -0.39 is 0 Å². The lowest BCUT2D eigenvalue weighted by Gasteiger charge is -2.11. The summed E-state index contributed by atoms with van der Waals surface area (Å²) in [7, 11) is 0. The fourth-order valence-electron chi connectivity index (χ4n) is 2.48. The highest BCUT2D eigenvalue weighted by atomic mass is 15.2. The molecular weight excluding hydrogens is 298 g/mol. The van der Waals surface area contributed by atoms with E-state index in [9.17, 15) is 0 Å². The first-order chi connectivity index (χ1) is 11.9. The van der Waals surface area contributed by atoms with E-state index in [2.05, 4.69) is 38.6 Å². The monoisotopic (exact) mass is 319 g/mol. The Kier molecular flexibility index (Phi) is 5.35. The standard InChI is InChI=1S/C19H21N5/c1-2-20-19(24-14-16-7-5-6-11-21-16)23-13-15-10-12-22-18-9-4-3-8-17(15)18/h3-12H,2,13-14H2,1H3,(H2,20,23,24). The average molecular weight is 319 g/mol. The molecule has 0 aliphatic rings. The molecule has 0 saturated heterocycles. The number of nitrogens with one attached hydrogen (secondary N) is 2. The minimum absolute atomic E-state index is 0.598. The highest BCUT2D eigenvalue weighted by molar-refractivity contribution is 5.83. The van der Waals surface area contributed by atoms with Gasteiger partial charge in [0.05, 0.1) is 24.3 Å². The maximum absolute atomic E-state index is 4.69. The van der Waals surface area contributed by atoms with E-state index in [4.69, 9.17) is 0 Å². The van der Waals surface area contributed by atoms with Crippen molar-refractivity contribution in [3.63, 3.8) is 0 Å². The summed E-state index contributed by atoms with van der Waals surface area (Å²) >= 11 is 0. The molecule has 0 fully saturated rings. The van der Waals surface area contributed by atoms with Gasteiger partial charge in [-0.2, -0.15) is 0 Å². The maximum Gasteiger partial charge on any atom is 0.191 e. The Balaban J connectivity index is 1.73. The van der Waals surface area contributed by atoms with Crippen molar-refractivity contribution in [2.45, 2.75) is 20.0 Å². The number of hydrogen-bond donors (Lipinski definition) is 2. The van der Waals surface area contributed by atoms with Crippen LogP contribution in [0.4, 0.5) is 0 Å². The largest absolute Gasteiger partial charge is 0.357 e. The summed E-state index contributed by atoms with van der Waals surface area (Å²) < 4.78 is 0. The Hall–Kier alpha value is -2.95. The smallest absolute Gasteiger partial charge is 0.191 e. The second kappa shape index (κ2) is 8.06. The summed E-state index contributed by atoms with van der Waals surface area (Å²) in [4.78, 5) is 13.4. The molecular formula is C19H21N5. The number of fused-ring (bicyclic) bond motifs is 1. The molecule has 3 rings (SSSR count). The molecule has 0 amide bonds. The van der Waals surface area contributed by atoms with E-state index in [1.165, 1.54) is 0 Å². The maximum atomic E-state index is 4.69. The van der Waals surface area contributed by atoms with Crippen LogP contribution in [0.1, 0.15) is 18.2 Å². The van der Waals surface area contributed by atoms with E-state index in [1.54, 1.807) is 6.20 Å². The van der Waals surface area contributed by atoms with Crippen molar-refractivity contribution < 1.29 is 0 Å². The average Bonchev–Trinajstić information content (AvgIpc) is 2.65. The predicted molar refractivity (Wildman–Crippen MR) is 97.6 cm³/mol. The topological polar surface area (TPSA) is 62.2 Å². The van der Waals surface area contributed by atoms with Crippen molar-refractivity contribution in [2.24, 2.45) is 4.99 Å². The van der Waals surface area contributed by atoms with Gasteiger partial charge in [0, 0.05) is 24.3 Å². The Bertz CT molecular complexity index is 809. The van der Waals surface area contributed by atoms with Crippen LogP contribution >= 0.6 is 0 Å². The summed E-state index contributed by atoms with van der Waals surface area (Å²) in [5.74, 6) is 0.782. The summed E-state index contributed by atoms with van der Waals surface area (Å²) in [6.07, 6.45) is 3.63. The van der Waals surface area contributed by atoms with Crippen LogP contribution in [0.3, 0.4) is 0 Å². The Labute approximate surface area is 141 Å². The van der Waals surface area contributed by atoms with Gasteiger partial charge in [-0.15, -0.1) is 0 Å². The molecule has 0 atom stereocenters. The van der Waals surface area contributed by atoms with Crippen LogP contribution in [0.5, 0.6) is 0 Å². The van der Waals surface area contributed by atoms with Crippen LogP contribution in [-0.4, -0.2) is 22.5 Å². The fourth-order valence-corrected chi connectivity index (χ4v) is 2.48. The molecule has 24 heavy (non-hydrogen) atoms. The van der Waals surface area contributed by atoms with Crippen molar-refractivity contribution >= 4 is 16.9 Å². The molecule has 2 heterocycles. The van der Waals surface area contributed by atoms with E-state index in [0.29, 0.717) is 13.1 Å². The number of nitrogens with zero attached hydrogens (tertiary/aromatic N) is 3. The zero-order valence-corrected chi connectivity index (χ0v) is 13.7. The normalized spacial score (nSPS) is 11.5. The number of hydrogen-bond acceptors (Lipinski definition) is 3. The molecule has 2 N–H and O–H groups in total. The minimum atomic E-state index is 0.598. The molecule has 0 saturated carbocycles. The molecule has 122 valence electrons. The number of aromatic nitrogens is 2. The third kappa shape index (κ3) is 4.07. The van der Waals surface area contributed by atoms with Crippen molar-refractivity contribution in [1.82, 2.24) is 20.6 Å². The van der Waals surface area contributed by atoms with Gasteiger partial charge < -0.3 is 10.6 Å². The van der Waals surface area contributed by atoms with Crippen LogP contribution in [0.2, 0.25) is 0 Å². The number of aliphatic imine (C=N–C) groups is 1. The minimum Gasteiger partial charge on any atom is -0.357 e. The molecule has 5 nitrogen and oxygen atoms in total. The summed E-state index contributed by atoms with van der Waals surface area (Å²) in [5.41, 5.74) is 3.14. The van der Waals surface area contributed by atoms with Crippen LogP contribution in [0.25, 0.3) is 10.9 Å². The number of pyridine rings is 2. The SMILES string of the molecule is CCNC(=NCc1ccnc2ccccc12)NCc1ccccn1. The zero-order valence-electron chi connectivity index (χ0n) is 13.7. The fraction of sp³-hybridized carbons (Fsp3) is 0.211. The van der Waals surface area contributed by atoms with Crippen LogP contribution < -0.4 is 10.6 Å². The van der Waals surface area contributed by atoms with Gasteiger partial charge in [0.2, 0.25) is 0 Å². The van der Waals surface area contributed by atoms with Gasteiger partial charge in [0.25, 0.3) is 0 Å². The molecule has 1 aromatic carbocycles. The van der Waals surface area contributed by atoms with Gasteiger partial charge in [-0.3, -0.25) is 9.97 Å². The number of benzene rings is 1. The third-order valence-electron chi connectivity index (χ3n) is 3.65. The zero-order chi connectivity index (χ0) is 16.6. The van der Waals surface area contributed by atoms with E-state index in [-0.39, 0.29) is 0 Å². The van der Waals surface area contributed by atoms with Gasteiger partial charge >= 0.3 is 0 Å². The van der Waals surface area contributed by atoms with Gasteiger partial charge in [0.1, 0.15) is 0 Å². The highest BCUT2D eigenvalue weighted by Crippen LogP contribution is 2.16. The first kappa shape index (κ1) is 15.9. The molecule has 5 heteroatoms. The van der Waals surface area contributed by atoms with Crippen molar-refractivity contribution in [1.29, 1.82) is 0 Å². The number of rotatable bonds is 5. The van der Waals surface area contributed by atoms with E-state index >= 15 is 0 Å². The lowest BCUT2D eigenvalue weighted by molar-refractivity contribution is 0.800. The van der Waals surface area contributed by atoms with Gasteiger partial charge in [-0.25, -0.2) is 4.99 Å². The van der Waals surface area contributed by atoms with Gasteiger partial charge in [-0.1, -0.05) is 24.3 Å². The molecule has 0 spiro atoms. The second-order valence-electron chi connectivity index (χ2n) is 5.36.